The average Bonchev–Trinajstić information content (AvgIpc) is 2.65. The van der Waals surface area contributed by atoms with E-state index < -0.39 is 44.1 Å². The monoisotopic (exact) mass is 443 g/mol. The summed E-state index contributed by atoms with van der Waals surface area (Å²) < 4.78 is 72.5. The van der Waals surface area contributed by atoms with Gasteiger partial charge in [-0.15, -0.1) is 13.2 Å². The molecule has 0 N–H and O–H groups in total. The van der Waals surface area contributed by atoms with E-state index in [2.05, 4.69) is 9.73 Å². The van der Waals surface area contributed by atoms with Crippen LogP contribution in [0.25, 0.3) is 11.1 Å². The lowest BCUT2D eigenvalue weighted by Crippen LogP contribution is -2.19. The zero-order valence-corrected chi connectivity index (χ0v) is 16.6. The number of aliphatic imine (C=N–C) groups is 1. The molecule has 0 fully saturated rings. The number of carbonyl (C=O) groups is 1. The summed E-state index contributed by atoms with van der Waals surface area (Å²) in [5.74, 6) is -2.31. The van der Waals surface area contributed by atoms with Crippen LogP contribution in [0.2, 0.25) is 0 Å². The minimum Gasteiger partial charge on any atom is -0.462 e. The number of halogens is 3. The molecular formula is C19H16F3NO6S. The van der Waals surface area contributed by atoms with Gasteiger partial charge in [-0.05, 0) is 12.0 Å². The molecule has 0 saturated carbocycles. The predicted molar refractivity (Wildman–Crippen MR) is 100 cm³/mol. The van der Waals surface area contributed by atoms with Crippen molar-refractivity contribution in [3.8, 4) is 16.9 Å². The van der Waals surface area contributed by atoms with Crippen molar-refractivity contribution in [1.82, 2.24) is 0 Å². The molecule has 0 unspecified atom stereocenters. The van der Waals surface area contributed by atoms with E-state index in [4.69, 9.17) is 4.74 Å². The van der Waals surface area contributed by atoms with E-state index in [1.165, 1.54) is 24.3 Å². The highest BCUT2D eigenvalue weighted by atomic mass is 32.2. The molecule has 0 heterocycles. The molecule has 0 aliphatic heterocycles. The third kappa shape index (κ3) is 5.46. The molecule has 2 aromatic carbocycles. The quantitative estimate of drug-likeness (QED) is 0.362. The lowest BCUT2D eigenvalue weighted by molar-refractivity contribution is -0.274. The van der Waals surface area contributed by atoms with Gasteiger partial charge in [0.1, 0.15) is 5.69 Å². The van der Waals surface area contributed by atoms with Gasteiger partial charge in [0, 0.05) is 17.9 Å². The van der Waals surface area contributed by atoms with E-state index in [1.807, 2.05) is 0 Å². The fourth-order valence-corrected chi connectivity index (χ4v) is 3.54. The first-order valence-electron chi connectivity index (χ1n) is 8.46. The minimum absolute atomic E-state index is 0.101. The molecule has 0 spiro atoms. The normalized spacial score (nSPS) is 11.5. The van der Waals surface area contributed by atoms with Gasteiger partial charge in [-0.25, -0.2) is 18.0 Å². The van der Waals surface area contributed by atoms with E-state index in [0.29, 0.717) is 12.5 Å². The summed E-state index contributed by atoms with van der Waals surface area (Å²) in [6.45, 7) is 1.58. The van der Waals surface area contributed by atoms with Crippen molar-refractivity contribution in [2.45, 2.75) is 24.6 Å². The van der Waals surface area contributed by atoms with Gasteiger partial charge in [0.2, 0.25) is 6.08 Å². The molecule has 0 amide bonds. The standard InChI is InChI=1S/C19H16F3NO6S/c1-3-9-28-18(25)16-15(12-7-5-4-6-8-12)14(30(2,26)27)10-13(17(16)23-11-24)29-19(20,21)22/h4-8,10H,3,9H2,1-2H3. The molecule has 0 radical (unpaired) electrons. The number of sulfone groups is 1. The summed E-state index contributed by atoms with van der Waals surface area (Å²) in [7, 11) is -4.16. The SMILES string of the molecule is CCCOC(=O)c1c(N=C=O)c(OC(F)(F)F)cc(S(C)(=O)=O)c1-c1ccccc1. The molecule has 2 aromatic rings. The molecule has 160 valence electrons. The van der Waals surface area contributed by atoms with Crippen LogP contribution in [0.5, 0.6) is 5.75 Å². The Morgan fingerprint density at radius 2 is 1.83 bits per heavy atom. The Balaban J connectivity index is 3.05. The largest absolute Gasteiger partial charge is 0.573 e. The van der Waals surface area contributed by atoms with Crippen molar-refractivity contribution in [2.24, 2.45) is 4.99 Å². The summed E-state index contributed by atoms with van der Waals surface area (Å²) >= 11 is 0. The molecule has 11 heteroatoms. The second kappa shape index (κ2) is 9.10. The molecule has 0 aliphatic carbocycles. The Kier molecular flexibility index (Phi) is 7.01. The van der Waals surface area contributed by atoms with Gasteiger partial charge >= 0.3 is 12.3 Å². The van der Waals surface area contributed by atoms with Crippen molar-refractivity contribution < 1.29 is 40.7 Å². The van der Waals surface area contributed by atoms with E-state index in [0.717, 1.165) is 12.3 Å². The molecule has 0 atom stereocenters. The number of hydrogen-bond donors (Lipinski definition) is 0. The van der Waals surface area contributed by atoms with Crippen LogP contribution in [0.4, 0.5) is 18.9 Å². The Morgan fingerprint density at radius 3 is 2.33 bits per heavy atom. The summed E-state index contributed by atoms with van der Waals surface area (Å²) in [4.78, 5) is 26.2. The van der Waals surface area contributed by atoms with Crippen LogP contribution in [0.3, 0.4) is 0 Å². The van der Waals surface area contributed by atoms with Gasteiger partial charge in [-0.2, -0.15) is 4.99 Å². The van der Waals surface area contributed by atoms with E-state index >= 15 is 0 Å². The number of benzene rings is 2. The number of hydrogen-bond acceptors (Lipinski definition) is 7. The van der Waals surface area contributed by atoms with Crippen LogP contribution in [-0.4, -0.2) is 39.7 Å². The van der Waals surface area contributed by atoms with Crippen molar-refractivity contribution in [3.63, 3.8) is 0 Å². The number of nitrogens with zero attached hydrogens (tertiary/aromatic N) is 1. The Labute approximate surface area is 170 Å². The average molecular weight is 443 g/mol. The van der Waals surface area contributed by atoms with Crippen molar-refractivity contribution in [1.29, 1.82) is 0 Å². The van der Waals surface area contributed by atoms with Crippen molar-refractivity contribution >= 4 is 27.6 Å². The Bertz CT molecular complexity index is 1090. The summed E-state index contributed by atoms with van der Waals surface area (Å²) in [6, 6.07) is 8.14. The first-order valence-corrected chi connectivity index (χ1v) is 10.4. The molecular weight excluding hydrogens is 427 g/mol. The maximum atomic E-state index is 12.9. The summed E-state index contributed by atoms with van der Waals surface area (Å²) in [5.41, 5.74) is -1.57. The van der Waals surface area contributed by atoms with E-state index in [9.17, 15) is 31.2 Å². The van der Waals surface area contributed by atoms with Crippen LogP contribution in [0, 0.1) is 0 Å². The van der Waals surface area contributed by atoms with Crippen molar-refractivity contribution in [3.05, 3.63) is 42.0 Å². The van der Waals surface area contributed by atoms with Crippen LogP contribution in [0.15, 0.2) is 46.3 Å². The maximum Gasteiger partial charge on any atom is 0.573 e. The molecule has 0 saturated heterocycles. The lowest BCUT2D eigenvalue weighted by Gasteiger charge is -2.19. The lowest BCUT2D eigenvalue weighted by atomic mass is 9.97. The minimum atomic E-state index is -5.25. The maximum absolute atomic E-state index is 12.9. The summed E-state index contributed by atoms with van der Waals surface area (Å²) in [6.07, 6.45) is -3.04. The van der Waals surface area contributed by atoms with Gasteiger partial charge in [0.05, 0.1) is 17.1 Å². The van der Waals surface area contributed by atoms with Gasteiger partial charge < -0.3 is 9.47 Å². The smallest absolute Gasteiger partial charge is 0.462 e. The third-order valence-corrected chi connectivity index (χ3v) is 4.84. The first kappa shape index (κ1) is 23.1. The van der Waals surface area contributed by atoms with Gasteiger partial charge in [-0.1, -0.05) is 37.3 Å². The number of carbonyl (C=O) groups excluding carboxylic acids is 2. The van der Waals surface area contributed by atoms with Crippen LogP contribution in [0.1, 0.15) is 23.7 Å². The van der Waals surface area contributed by atoms with Gasteiger partial charge in [0.25, 0.3) is 0 Å². The zero-order chi connectivity index (χ0) is 22.5. The van der Waals surface area contributed by atoms with Gasteiger partial charge in [-0.3, -0.25) is 0 Å². The zero-order valence-electron chi connectivity index (χ0n) is 15.8. The van der Waals surface area contributed by atoms with Crippen molar-refractivity contribution in [2.75, 3.05) is 12.9 Å². The summed E-state index contributed by atoms with van der Waals surface area (Å²) in [5, 5.41) is 0. The molecule has 7 nitrogen and oxygen atoms in total. The first-order chi connectivity index (χ1) is 14.0. The molecule has 0 aliphatic rings. The second-order valence-corrected chi connectivity index (χ2v) is 7.98. The van der Waals surface area contributed by atoms with E-state index in [-0.39, 0.29) is 17.7 Å². The highest BCUT2D eigenvalue weighted by Gasteiger charge is 2.36. The second-order valence-electron chi connectivity index (χ2n) is 6.00. The number of esters is 1. The Morgan fingerprint density at radius 1 is 1.20 bits per heavy atom. The van der Waals surface area contributed by atoms with Crippen LogP contribution in [-0.2, 0) is 19.4 Å². The number of rotatable bonds is 7. The number of ether oxygens (including phenoxy) is 2. The van der Waals surface area contributed by atoms with Gasteiger partial charge in [0.15, 0.2) is 15.6 Å². The topological polar surface area (TPSA) is 99.1 Å². The highest BCUT2D eigenvalue weighted by molar-refractivity contribution is 7.90. The highest BCUT2D eigenvalue weighted by Crippen LogP contribution is 2.44. The molecule has 30 heavy (non-hydrogen) atoms. The Hall–Kier alpha value is -3.17. The molecule has 0 bridgehead atoms. The van der Waals surface area contributed by atoms with Crippen LogP contribution >= 0.6 is 0 Å². The van der Waals surface area contributed by atoms with Crippen LogP contribution < -0.4 is 4.74 Å². The van der Waals surface area contributed by atoms with E-state index in [1.54, 1.807) is 13.0 Å². The number of isocyanates is 1. The predicted octanol–water partition coefficient (Wildman–Crippen LogP) is 4.19. The number of alkyl halides is 3. The molecule has 0 aromatic heterocycles. The fraction of sp³-hybridized carbons (Fsp3) is 0.263. The molecule has 2 rings (SSSR count). The fourth-order valence-electron chi connectivity index (χ4n) is 2.63. The third-order valence-electron chi connectivity index (χ3n) is 3.72.